The molecule has 0 aromatic heterocycles. The Balaban J connectivity index is 1.88. The van der Waals surface area contributed by atoms with Crippen molar-refractivity contribution in [3.63, 3.8) is 0 Å². The van der Waals surface area contributed by atoms with Crippen molar-refractivity contribution in [1.29, 1.82) is 0 Å². The quantitative estimate of drug-likeness (QED) is 0.820. The summed E-state index contributed by atoms with van der Waals surface area (Å²) in [6, 6.07) is 5.65. The monoisotopic (exact) mass is 271 g/mol. The average molecular weight is 271 g/mol. The molecule has 1 aliphatic heterocycles. The summed E-state index contributed by atoms with van der Waals surface area (Å²) < 4.78 is 36.6. The van der Waals surface area contributed by atoms with E-state index in [4.69, 9.17) is 0 Å². The zero-order chi connectivity index (χ0) is 13.0. The fourth-order valence-electron chi connectivity index (χ4n) is 2.18. The molecule has 1 aromatic rings. The fourth-order valence-corrected chi connectivity index (χ4v) is 3.56. The van der Waals surface area contributed by atoms with Gasteiger partial charge in [0.05, 0.1) is 11.5 Å². The van der Waals surface area contributed by atoms with Gasteiger partial charge in [-0.15, -0.1) is 0 Å². The Morgan fingerprint density at radius 3 is 2.33 bits per heavy atom. The second-order valence-corrected chi connectivity index (χ2v) is 6.95. The summed E-state index contributed by atoms with van der Waals surface area (Å²) in [6.07, 6.45) is 2.33. The molecule has 2 rings (SSSR count). The van der Waals surface area contributed by atoms with Crippen molar-refractivity contribution in [2.24, 2.45) is 0 Å². The number of nitrogens with zero attached hydrogens (tertiary/aromatic N) is 1. The molecule has 0 bridgehead atoms. The third-order valence-corrected chi connectivity index (χ3v) is 4.79. The Morgan fingerprint density at radius 1 is 1.11 bits per heavy atom. The molecule has 18 heavy (non-hydrogen) atoms. The van der Waals surface area contributed by atoms with E-state index in [1.54, 1.807) is 0 Å². The summed E-state index contributed by atoms with van der Waals surface area (Å²) >= 11 is 0. The lowest BCUT2D eigenvalue weighted by Crippen LogP contribution is -2.27. The van der Waals surface area contributed by atoms with E-state index in [9.17, 15) is 12.8 Å². The van der Waals surface area contributed by atoms with Crippen LogP contribution in [0.15, 0.2) is 24.3 Å². The van der Waals surface area contributed by atoms with Crippen molar-refractivity contribution in [2.45, 2.75) is 18.6 Å². The number of benzene rings is 1. The normalized spacial score (nSPS) is 17.2. The van der Waals surface area contributed by atoms with Crippen molar-refractivity contribution >= 4 is 9.84 Å². The maximum atomic E-state index is 12.7. The molecule has 1 fully saturated rings. The van der Waals surface area contributed by atoms with Gasteiger partial charge in [0.2, 0.25) is 0 Å². The molecule has 0 radical (unpaired) electrons. The van der Waals surface area contributed by atoms with Gasteiger partial charge in [0.1, 0.15) is 5.82 Å². The van der Waals surface area contributed by atoms with Crippen LogP contribution in [-0.4, -0.2) is 38.7 Å². The van der Waals surface area contributed by atoms with E-state index < -0.39 is 9.84 Å². The third-order valence-electron chi connectivity index (χ3n) is 3.22. The second kappa shape index (κ2) is 5.80. The number of likely N-dealkylation sites (tertiary alicyclic amines) is 1. The van der Waals surface area contributed by atoms with Crippen LogP contribution in [0.4, 0.5) is 4.39 Å². The van der Waals surface area contributed by atoms with Gasteiger partial charge in [0, 0.05) is 6.54 Å². The molecule has 1 saturated heterocycles. The first-order valence-electron chi connectivity index (χ1n) is 6.22. The van der Waals surface area contributed by atoms with Gasteiger partial charge >= 0.3 is 0 Å². The highest BCUT2D eigenvalue weighted by Gasteiger charge is 2.17. The molecule has 0 aliphatic carbocycles. The van der Waals surface area contributed by atoms with Crippen LogP contribution in [0, 0.1) is 5.82 Å². The van der Waals surface area contributed by atoms with Gasteiger partial charge in [0.15, 0.2) is 9.84 Å². The molecule has 3 nitrogen and oxygen atoms in total. The van der Waals surface area contributed by atoms with Gasteiger partial charge in [0.25, 0.3) is 0 Å². The van der Waals surface area contributed by atoms with Gasteiger partial charge in [-0.2, -0.15) is 0 Å². The molecular formula is C13H18FNO2S. The predicted octanol–water partition coefficient (Wildman–Crippen LogP) is 1.84. The van der Waals surface area contributed by atoms with E-state index in [2.05, 4.69) is 4.90 Å². The topological polar surface area (TPSA) is 37.4 Å². The van der Waals surface area contributed by atoms with E-state index in [1.165, 1.54) is 24.3 Å². The SMILES string of the molecule is O=S(=O)(CCN1CCCC1)Cc1ccc(F)cc1. The smallest absolute Gasteiger partial charge is 0.155 e. The first-order chi connectivity index (χ1) is 8.55. The van der Waals surface area contributed by atoms with Crippen LogP contribution in [0.1, 0.15) is 18.4 Å². The standard InChI is InChI=1S/C13H18FNO2S/c14-13-5-3-12(4-6-13)11-18(16,17)10-9-15-7-1-2-8-15/h3-6H,1-2,7-11H2. The van der Waals surface area contributed by atoms with Crippen LogP contribution < -0.4 is 0 Å². The zero-order valence-electron chi connectivity index (χ0n) is 10.3. The van der Waals surface area contributed by atoms with Crippen LogP contribution in [0.25, 0.3) is 0 Å². The fraction of sp³-hybridized carbons (Fsp3) is 0.538. The Morgan fingerprint density at radius 2 is 1.72 bits per heavy atom. The zero-order valence-corrected chi connectivity index (χ0v) is 11.1. The summed E-state index contributed by atoms with van der Waals surface area (Å²) in [4.78, 5) is 2.18. The second-order valence-electron chi connectivity index (χ2n) is 4.77. The van der Waals surface area contributed by atoms with Crippen molar-refractivity contribution in [3.05, 3.63) is 35.6 Å². The molecule has 0 atom stereocenters. The highest BCUT2D eigenvalue weighted by atomic mass is 32.2. The van der Waals surface area contributed by atoms with E-state index in [0.29, 0.717) is 12.1 Å². The molecule has 1 heterocycles. The number of hydrogen-bond acceptors (Lipinski definition) is 3. The average Bonchev–Trinajstić information content (AvgIpc) is 2.83. The van der Waals surface area contributed by atoms with Crippen molar-refractivity contribution in [2.75, 3.05) is 25.4 Å². The van der Waals surface area contributed by atoms with Crippen LogP contribution >= 0.6 is 0 Å². The first-order valence-corrected chi connectivity index (χ1v) is 8.04. The van der Waals surface area contributed by atoms with Crippen molar-refractivity contribution in [3.8, 4) is 0 Å². The van der Waals surface area contributed by atoms with Gasteiger partial charge < -0.3 is 4.90 Å². The minimum Gasteiger partial charge on any atom is -0.302 e. The summed E-state index contributed by atoms with van der Waals surface area (Å²) in [6.45, 7) is 2.63. The molecule has 100 valence electrons. The van der Waals surface area contributed by atoms with E-state index >= 15 is 0 Å². The van der Waals surface area contributed by atoms with Crippen LogP contribution in [0.5, 0.6) is 0 Å². The Kier molecular flexibility index (Phi) is 4.35. The van der Waals surface area contributed by atoms with Gasteiger partial charge in [-0.3, -0.25) is 0 Å². The minimum atomic E-state index is -3.10. The molecule has 0 unspecified atom stereocenters. The van der Waals surface area contributed by atoms with Gasteiger partial charge in [-0.1, -0.05) is 12.1 Å². The summed E-state index contributed by atoms with van der Waals surface area (Å²) in [7, 11) is -3.10. The molecule has 0 spiro atoms. The maximum Gasteiger partial charge on any atom is 0.155 e. The highest BCUT2D eigenvalue weighted by Crippen LogP contribution is 2.11. The minimum absolute atomic E-state index is 0.00111. The predicted molar refractivity (Wildman–Crippen MR) is 69.6 cm³/mol. The van der Waals surface area contributed by atoms with Crippen LogP contribution in [-0.2, 0) is 15.6 Å². The molecule has 0 amide bonds. The number of sulfone groups is 1. The Hall–Kier alpha value is -0.940. The van der Waals surface area contributed by atoms with Crippen molar-refractivity contribution < 1.29 is 12.8 Å². The Bertz CT molecular complexity index is 478. The lowest BCUT2D eigenvalue weighted by molar-refractivity contribution is 0.359. The highest BCUT2D eigenvalue weighted by molar-refractivity contribution is 7.90. The summed E-state index contributed by atoms with van der Waals surface area (Å²) in [5, 5.41) is 0. The van der Waals surface area contributed by atoms with Crippen LogP contribution in [0.3, 0.4) is 0 Å². The lowest BCUT2D eigenvalue weighted by atomic mass is 10.2. The largest absolute Gasteiger partial charge is 0.302 e. The molecule has 1 aromatic carbocycles. The number of rotatable bonds is 5. The Labute approximate surface area is 108 Å². The van der Waals surface area contributed by atoms with E-state index in [0.717, 1.165) is 25.9 Å². The van der Waals surface area contributed by atoms with E-state index in [1.807, 2.05) is 0 Å². The molecule has 0 saturated carbocycles. The van der Waals surface area contributed by atoms with E-state index in [-0.39, 0.29) is 17.3 Å². The number of halogens is 1. The summed E-state index contributed by atoms with van der Waals surface area (Å²) in [5.74, 6) is -0.154. The molecular weight excluding hydrogens is 253 g/mol. The number of hydrogen-bond donors (Lipinski definition) is 0. The third kappa shape index (κ3) is 4.07. The van der Waals surface area contributed by atoms with Gasteiger partial charge in [-0.05, 0) is 43.6 Å². The van der Waals surface area contributed by atoms with Crippen LogP contribution in [0.2, 0.25) is 0 Å². The lowest BCUT2D eigenvalue weighted by Gasteiger charge is -2.14. The summed E-state index contributed by atoms with van der Waals surface area (Å²) in [5.41, 5.74) is 0.651. The van der Waals surface area contributed by atoms with Gasteiger partial charge in [-0.25, -0.2) is 12.8 Å². The first kappa shape index (κ1) is 13.5. The maximum absolute atomic E-state index is 12.7. The molecule has 5 heteroatoms. The molecule has 0 N–H and O–H groups in total. The molecule has 1 aliphatic rings. The van der Waals surface area contributed by atoms with Crippen molar-refractivity contribution in [1.82, 2.24) is 4.90 Å².